The summed E-state index contributed by atoms with van der Waals surface area (Å²) in [5, 5.41) is 3.13. The quantitative estimate of drug-likeness (QED) is 0.846. The lowest BCUT2D eigenvalue weighted by atomic mass is 9.96. The van der Waals surface area contributed by atoms with Crippen molar-refractivity contribution in [2.75, 3.05) is 20.2 Å². The predicted octanol–water partition coefficient (Wildman–Crippen LogP) is 2.81. The minimum absolute atomic E-state index is 0.0260. The second kappa shape index (κ2) is 4.67. The van der Waals surface area contributed by atoms with Gasteiger partial charge in [0.25, 0.3) is 0 Å². The molecule has 0 saturated carbocycles. The second-order valence-corrected chi connectivity index (χ2v) is 4.65. The van der Waals surface area contributed by atoms with E-state index in [0.29, 0.717) is 22.3 Å². The molecular formula is C11H12BrF2NO. The van der Waals surface area contributed by atoms with Gasteiger partial charge >= 0.3 is 0 Å². The molecule has 1 unspecified atom stereocenters. The normalized spacial score (nSPS) is 20.1. The van der Waals surface area contributed by atoms with Crippen molar-refractivity contribution in [1.29, 1.82) is 0 Å². The number of hydrogen-bond donors (Lipinski definition) is 1. The number of rotatable bonds is 2. The monoisotopic (exact) mass is 291 g/mol. The zero-order chi connectivity index (χ0) is 11.7. The van der Waals surface area contributed by atoms with Gasteiger partial charge in [0.1, 0.15) is 5.75 Å². The number of halogens is 3. The van der Waals surface area contributed by atoms with Gasteiger partial charge in [-0.15, -0.1) is 0 Å². The summed E-state index contributed by atoms with van der Waals surface area (Å²) in [7, 11) is 1.46. The Bertz CT molecular complexity index is 405. The first kappa shape index (κ1) is 11.8. The van der Waals surface area contributed by atoms with Crippen LogP contribution in [0.25, 0.3) is 0 Å². The topological polar surface area (TPSA) is 21.3 Å². The van der Waals surface area contributed by atoms with Gasteiger partial charge in [-0.2, -0.15) is 0 Å². The molecule has 0 amide bonds. The third-order valence-corrected chi connectivity index (χ3v) is 3.42. The summed E-state index contributed by atoms with van der Waals surface area (Å²) in [5.74, 6) is -1.27. The van der Waals surface area contributed by atoms with Crippen molar-refractivity contribution < 1.29 is 13.5 Å². The van der Waals surface area contributed by atoms with Crippen LogP contribution in [-0.4, -0.2) is 20.2 Å². The zero-order valence-corrected chi connectivity index (χ0v) is 10.4. The van der Waals surface area contributed by atoms with Crippen LogP contribution in [0.1, 0.15) is 17.9 Å². The molecule has 88 valence electrons. The van der Waals surface area contributed by atoms with Crippen LogP contribution in [0.5, 0.6) is 5.75 Å². The number of benzene rings is 1. The van der Waals surface area contributed by atoms with E-state index in [4.69, 9.17) is 4.74 Å². The number of ether oxygens (including phenoxy) is 1. The summed E-state index contributed by atoms with van der Waals surface area (Å²) in [6, 6.07) is 1.10. The molecule has 0 spiro atoms. The van der Waals surface area contributed by atoms with E-state index in [-0.39, 0.29) is 5.92 Å². The van der Waals surface area contributed by atoms with Gasteiger partial charge in [-0.1, -0.05) is 0 Å². The van der Waals surface area contributed by atoms with Gasteiger partial charge in [-0.25, -0.2) is 8.78 Å². The lowest BCUT2D eigenvalue weighted by Crippen LogP contribution is -2.11. The Balaban J connectivity index is 2.54. The molecule has 1 saturated heterocycles. The van der Waals surface area contributed by atoms with Gasteiger partial charge in [0.2, 0.25) is 0 Å². The fourth-order valence-electron chi connectivity index (χ4n) is 2.07. The maximum atomic E-state index is 13.8. The van der Waals surface area contributed by atoms with Crippen LogP contribution in [0.3, 0.4) is 0 Å². The third-order valence-electron chi connectivity index (χ3n) is 2.83. The van der Waals surface area contributed by atoms with E-state index in [1.165, 1.54) is 7.11 Å². The summed E-state index contributed by atoms with van der Waals surface area (Å²) >= 11 is 3.19. The Hall–Kier alpha value is -0.680. The Morgan fingerprint density at radius 3 is 2.81 bits per heavy atom. The fraction of sp³-hybridized carbons (Fsp3) is 0.455. The molecule has 0 bridgehead atoms. The molecule has 1 N–H and O–H groups in total. The molecule has 1 aromatic rings. The highest BCUT2D eigenvalue weighted by Gasteiger charge is 2.27. The largest absolute Gasteiger partial charge is 0.495 e. The molecule has 5 heteroatoms. The Kier molecular flexibility index (Phi) is 3.44. The standard InChI is InChI=1S/C11H12BrF2NO/c1-16-11-7(12)4-8(13)10(14)9(11)6-2-3-15-5-6/h4,6,15H,2-3,5H2,1H3. The molecule has 1 fully saturated rings. The highest BCUT2D eigenvalue weighted by Crippen LogP contribution is 2.39. The Morgan fingerprint density at radius 2 is 2.25 bits per heavy atom. The molecule has 0 aromatic heterocycles. The summed E-state index contributed by atoms with van der Waals surface area (Å²) in [5.41, 5.74) is 0.333. The first-order chi connectivity index (χ1) is 7.65. The minimum atomic E-state index is -0.838. The number of methoxy groups -OCH3 is 1. The third kappa shape index (κ3) is 1.94. The van der Waals surface area contributed by atoms with E-state index >= 15 is 0 Å². The lowest BCUT2D eigenvalue weighted by molar-refractivity contribution is 0.389. The average molecular weight is 292 g/mol. The van der Waals surface area contributed by atoms with Gasteiger partial charge in [0, 0.05) is 18.0 Å². The van der Waals surface area contributed by atoms with Crippen molar-refractivity contribution in [3.8, 4) is 5.75 Å². The molecule has 1 heterocycles. The van der Waals surface area contributed by atoms with Crippen molar-refractivity contribution in [2.45, 2.75) is 12.3 Å². The van der Waals surface area contributed by atoms with Gasteiger partial charge < -0.3 is 10.1 Å². The molecule has 0 radical (unpaired) electrons. The minimum Gasteiger partial charge on any atom is -0.495 e. The van der Waals surface area contributed by atoms with Crippen molar-refractivity contribution in [1.82, 2.24) is 5.32 Å². The molecule has 2 rings (SSSR count). The smallest absolute Gasteiger partial charge is 0.166 e. The SMILES string of the molecule is COc1c(Br)cc(F)c(F)c1C1CCNC1. The van der Waals surface area contributed by atoms with Crippen LogP contribution in [0, 0.1) is 11.6 Å². The number of hydrogen-bond acceptors (Lipinski definition) is 2. The number of nitrogens with one attached hydrogen (secondary N) is 1. The van der Waals surface area contributed by atoms with Crippen molar-refractivity contribution in [2.24, 2.45) is 0 Å². The van der Waals surface area contributed by atoms with E-state index in [1.54, 1.807) is 0 Å². The highest BCUT2D eigenvalue weighted by atomic mass is 79.9. The average Bonchev–Trinajstić information content (AvgIpc) is 2.76. The first-order valence-electron chi connectivity index (χ1n) is 5.07. The predicted molar refractivity (Wildman–Crippen MR) is 60.8 cm³/mol. The van der Waals surface area contributed by atoms with Gasteiger partial charge in [-0.3, -0.25) is 0 Å². The fourth-order valence-corrected chi connectivity index (χ4v) is 2.65. The van der Waals surface area contributed by atoms with E-state index in [0.717, 1.165) is 19.0 Å². The van der Waals surface area contributed by atoms with Gasteiger partial charge in [0.15, 0.2) is 11.6 Å². The van der Waals surface area contributed by atoms with Gasteiger partial charge in [-0.05, 0) is 35.0 Å². The van der Waals surface area contributed by atoms with Crippen LogP contribution >= 0.6 is 15.9 Å². The molecule has 16 heavy (non-hydrogen) atoms. The maximum absolute atomic E-state index is 13.8. The summed E-state index contributed by atoms with van der Waals surface area (Å²) < 4.78 is 32.7. The van der Waals surface area contributed by atoms with Gasteiger partial charge in [0.05, 0.1) is 11.6 Å². The molecule has 1 aliphatic rings. The molecule has 0 aliphatic carbocycles. The Labute approximate surface area is 101 Å². The molecule has 2 nitrogen and oxygen atoms in total. The Morgan fingerprint density at radius 1 is 1.50 bits per heavy atom. The highest BCUT2D eigenvalue weighted by molar-refractivity contribution is 9.10. The first-order valence-corrected chi connectivity index (χ1v) is 5.86. The second-order valence-electron chi connectivity index (χ2n) is 3.79. The van der Waals surface area contributed by atoms with Crippen LogP contribution in [0.2, 0.25) is 0 Å². The summed E-state index contributed by atoms with van der Waals surface area (Å²) in [4.78, 5) is 0. The molecular weight excluding hydrogens is 280 g/mol. The molecule has 1 atom stereocenters. The van der Waals surface area contributed by atoms with Crippen LogP contribution < -0.4 is 10.1 Å². The lowest BCUT2D eigenvalue weighted by Gasteiger charge is -2.16. The van der Waals surface area contributed by atoms with E-state index in [2.05, 4.69) is 21.2 Å². The summed E-state index contributed by atoms with van der Waals surface area (Å²) in [6.07, 6.45) is 0.795. The zero-order valence-electron chi connectivity index (χ0n) is 8.82. The summed E-state index contributed by atoms with van der Waals surface area (Å²) in [6.45, 7) is 1.48. The van der Waals surface area contributed by atoms with E-state index in [9.17, 15) is 8.78 Å². The maximum Gasteiger partial charge on any atom is 0.166 e. The van der Waals surface area contributed by atoms with Crippen LogP contribution in [0.4, 0.5) is 8.78 Å². The van der Waals surface area contributed by atoms with Crippen molar-refractivity contribution >= 4 is 15.9 Å². The van der Waals surface area contributed by atoms with Crippen molar-refractivity contribution in [3.05, 3.63) is 27.7 Å². The van der Waals surface area contributed by atoms with E-state index < -0.39 is 11.6 Å². The molecule has 1 aromatic carbocycles. The van der Waals surface area contributed by atoms with Crippen LogP contribution in [-0.2, 0) is 0 Å². The van der Waals surface area contributed by atoms with Crippen molar-refractivity contribution in [3.63, 3.8) is 0 Å². The molecule has 1 aliphatic heterocycles. The van der Waals surface area contributed by atoms with E-state index in [1.807, 2.05) is 0 Å². The van der Waals surface area contributed by atoms with Crippen LogP contribution in [0.15, 0.2) is 10.5 Å².